The van der Waals surface area contributed by atoms with E-state index in [0.717, 1.165) is 5.92 Å². The van der Waals surface area contributed by atoms with Crippen molar-refractivity contribution in [1.29, 1.82) is 0 Å². The number of rotatable bonds is 3. The summed E-state index contributed by atoms with van der Waals surface area (Å²) in [6, 6.07) is 4.52. The first-order valence-electron chi connectivity index (χ1n) is 6.80. The van der Waals surface area contributed by atoms with Crippen LogP contribution in [-0.2, 0) is 0 Å². The van der Waals surface area contributed by atoms with Gasteiger partial charge in [0.25, 0.3) is 5.91 Å². The van der Waals surface area contributed by atoms with Crippen LogP contribution < -0.4 is 5.32 Å². The summed E-state index contributed by atoms with van der Waals surface area (Å²) in [4.78, 5) is 12.0. The molecule has 0 spiro atoms. The number of carbonyl (C=O) groups is 1. The van der Waals surface area contributed by atoms with Gasteiger partial charge >= 0.3 is 0 Å². The molecule has 2 atom stereocenters. The van der Waals surface area contributed by atoms with Gasteiger partial charge in [-0.1, -0.05) is 25.8 Å². The van der Waals surface area contributed by atoms with Crippen LogP contribution >= 0.6 is 15.9 Å². The van der Waals surface area contributed by atoms with Crippen molar-refractivity contribution >= 4 is 21.8 Å². The van der Waals surface area contributed by atoms with Gasteiger partial charge in [-0.05, 0) is 52.7 Å². The lowest BCUT2D eigenvalue weighted by Crippen LogP contribution is -2.31. The number of carbonyl (C=O) groups excluding carboxylic acids is 1. The topological polar surface area (TPSA) is 29.1 Å². The van der Waals surface area contributed by atoms with Crippen LogP contribution in [-0.4, -0.2) is 12.5 Å². The lowest BCUT2D eigenvalue weighted by molar-refractivity contribution is 0.0939. The largest absolute Gasteiger partial charge is 0.352 e. The fraction of sp³-hybridized carbons (Fsp3) is 0.533. The fourth-order valence-electron chi connectivity index (χ4n) is 2.76. The van der Waals surface area contributed by atoms with Crippen molar-refractivity contribution in [2.75, 3.05) is 6.54 Å². The lowest BCUT2D eigenvalue weighted by Gasteiger charge is -2.26. The van der Waals surface area contributed by atoms with E-state index in [4.69, 9.17) is 0 Å². The molecule has 2 nitrogen and oxygen atoms in total. The Morgan fingerprint density at radius 1 is 1.47 bits per heavy atom. The van der Waals surface area contributed by atoms with Crippen LogP contribution in [0.3, 0.4) is 0 Å². The molecule has 0 saturated heterocycles. The average molecular weight is 328 g/mol. The summed E-state index contributed by atoms with van der Waals surface area (Å²) in [6.45, 7) is 2.95. The van der Waals surface area contributed by atoms with Crippen LogP contribution in [0, 0.1) is 17.7 Å². The second kappa shape index (κ2) is 6.51. The molecule has 4 heteroatoms. The van der Waals surface area contributed by atoms with Crippen molar-refractivity contribution in [3.8, 4) is 0 Å². The number of halogens is 2. The first-order valence-corrected chi connectivity index (χ1v) is 7.59. The molecule has 1 aromatic rings. The Kier molecular flexibility index (Phi) is 4.97. The van der Waals surface area contributed by atoms with Crippen LogP contribution in [0.4, 0.5) is 4.39 Å². The SMILES string of the molecule is CC1CCCC(CNC(=O)c2cccc(F)c2Br)C1. The Bertz CT molecular complexity index is 463. The molecule has 1 amide bonds. The highest BCUT2D eigenvalue weighted by Gasteiger charge is 2.20. The summed E-state index contributed by atoms with van der Waals surface area (Å²) >= 11 is 3.12. The zero-order valence-electron chi connectivity index (χ0n) is 11.1. The van der Waals surface area contributed by atoms with Crippen LogP contribution in [0.25, 0.3) is 0 Å². The van der Waals surface area contributed by atoms with Crippen LogP contribution in [0.5, 0.6) is 0 Å². The van der Waals surface area contributed by atoms with Crippen LogP contribution in [0.1, 0.15) is 43.0 Å². The predicted molar refractivity (Wildman–Crippen MR) is 77.6 cm³/mol. The van der Waals surface area contributed by atoms with Gasteiger partial charge in [0.15, 0.2) is 0 Å². The molecule has 2 unspecified atom stereocenters. The van der Waals surface area contributed by atoms with Crippen molar-refractivity contribution in [3.63, 3.8) is 0 Å². The monoisotopic (exact) mass is 327 g/mol. The van der Waals surface area contributed by atoms with Crippen molar-refractivity contribution in [3.05, 3.63) is 34.1 Å². The summed E-state index contributed by atoms with van der Waals surface area (Å²) in [5.74, 6) is 0.695. The second-order valence-electron chi connectivity index (χ2n) is 5.45. The minimum Gasteiger partial charge on any atom is -0.352 e. The predicted octanol–water partition coefficient (Wildman–Crippen LogP) is 4.14. The summed E-state index contributed by atoms with van der Waals surface area (Å²) in [6.07, 6.45) is 4.88. The number of benzene rings is 1. The molecule has 0 aliphatic heterocycles. The van der Waals surface area contributed by atoms with Gasteiger partial charge in [0, 0.05) is 6.54 Å². The fourth-order valence-corrected chi connectivity index (χ4v) is 3.20. The van der Waals surface area contributed by atoms with Gasteiger partial charge in [0.1, 0.15) is 5.82 Å². The highest BCUT2D eigenvalue weighted by Crippen LogP contribution is 2.28. The minimum atomic E-state index is -0.404. The van der Waals surface area contributed by atoms with Gasteiger partial charge in [-0.2, -0.15) is 0 Å². The molecule has 1 aliphatic carbocycles. The van der Waals surface area contributed by atoms with Crippen LogP contribution in [0.2, 0.25) is 0 Å². The molecule has 0 bridgehead atoms. The molecule has 1 aliphatic rings. The summed E-state index contributed by atoms with van der Waals surface area (Å²) < 4.78 is 13.6. The van der Waals surface area contributed by atoms with E-state index in [0.29, 0.717) is 18.0 Å². The van der Waals surface area contributed by atoms with Crippen molar-refractivity contribution in [2.45, 2.75) is 32.6 Å². The molecule has 0 heterocycles. The Hall–Kier alpha value is -0.900. The smallest absolute Gasteiger partial charge is 0.252 e. The number of nitrogens with one attached hydrogen (secondary N) is 1. The molecule has 1 fully saturated rings. The van der Waals surface area contributed by atoms with E-state index in [1.54, 1.807) is 12.1 Å². The Morgan fingerprint density at radius 2 is 2.26 bits per heavy atom. The normalized spacial score (nSPS) is 23.1. The summed E-state index contributed by atoms with van der Waals surface area (Å²) in [5, 5.41) is 2.92. The zero-order chi connectivity index (χ0) is 13.8. The van der Waals surface area contributed by atoms with Gasteiger partial charge in [-0.3, -0.25) is 4.79 Å². The van der Waals surface area contributed by atoms with Gasteiger partial charge in [-0.25, -0.2) is 4.39 Å². The van der Waals surface area contributed by atoms with Gasteiger partial charge in [0.2, 0.25) is 0 Å². The lowest BCUT2D eigenvalue weighted by atomic mass is 9.82. The maximum absolute atomic E-state index is 13.4. The average Bonchev–Trinajstić information content (AvgIpc) is 2.39. The van der Waals surface area contributed by atoms with Gasteiger partial charge < -0.3 is 5.32 Å². The highest BCUT2D eigenvalue weighted by molar-refractivity contribution is 9.10. The van der Waals surface area contributed by atoms with Gasteiger partial charge in [0.05, 0.1) is 10.0 Å². The third kappa shape index (κ3) is 3.78. The molecule has 104 valence electrons. The maximum atomic E-state index is 13.4. The first kappa shape index (κ1) is 14.5. The van der Waals surface area contributed by atoms with E-state index in [1.165, 1.54) is 31.7 Å². The Morgan fingerprint density at radius 3 is 3.00 bits per heavy atom. The molecule has 1 N–H and O–H groups in total. The quantitative estimate of drug-likeness (QED) is 0.887. The van der Waals surface area contributed by atoms with E-state index in [2.05, 4.69) is 28.2 Å². The molecule has 19 heavy (non-hydrogen) atoms. The van der Waals surface area contributed by atoms with Crippen molar-refractivity contribution in [1.82, 2.24) is 5.32 Å². The molecule has 2 rings (SSSR count). The van der Waals surface area contributed by atoms with E-state index >= 15 is 0 Å². The van der Waals surface area contributed by atoms with E-state index in [9.17, 15) is 9.18 Å². The van der Waals surface area contributed by atoms with E-state index < -0.39 is 5.82 Å². The van der Waals surface area contributed by atoms with Gasteiger partial charge in [-0.15, -0.1) is 0 Å². The number of hydrogen-bond donors (Lipinski definition) is 1. The second-order valence-corrected chi connectivity index (χ2v) is 6.24. The third-order valence-corrected chi connectivity index (χ3v) is 4.60. The van der Waals surface area contributed by atoms with E-state index in [1.807, 2.05) is 0 Å². The number of amides is 1. The molecule has 0 radical (unpaired) electrons. The molecule has 1 aromatic carbocycles. The zero-order valence-corrected chi connectivity index (χ0v) is 12.7. The summed E-state index contributed by atoms with van der Waals surface area (Å²) in [5.41, 5.74) is 0.365. The van der Waals surface area contributed by atoms with E-state index in [-0.39, 0.29) is 10.4 Å². The molecule has 1 saturated carbocycles. The minimum absolute atomic E-state index is 0.204. The standard InChI is InChI=1S/C15H19BrFNO/c1-10-4-2-5-11(8-10)9-18-15(19)12-6-3-7-13(17)14(12)16/h3,6-7,10-11H,2,4-5,8-9H2,1H3,(H,18,19). The number of hydrogen-bond acceptors (Lipinski definition) is 1. The highest BCUT2D eigenvalue weighted by atomic mass is 79.9. The Balaban J connectivity index is 1.92. The molecule has 0 aromatic heterocycles. The molecular weight excluding hydrogens is 309 g/mol. The summed E-state index contributed by atoms with van der Waals surface area (Å²) in [7, 11) is 0. The molecular formula is C15H19BrFNO. The van der Waals surface area contributed by atoms with Crippen molar-refractivity contribution < 1.29 is 9.18 Å². The first-order chi connectivity index (χ1) is 9.08. The maximum Gasteiger partial charge on any atom is 0.252 e. The third-order valence-electron chi connectivity index (χ3n) is 3.79. The van der Waals surface area contributed by atoms with Crippen molar-refractivity contribution in [2.24, 2.45) is 11.8 Å². The van der Waals surface area contributed by atoms with Crippen LogP contribution in [0.15, 0.2) is 22.7 Å². The Labute approximate surface area is 121 Å².